The van der Waals surface area contributed by atoms with Crippen molar-refractivity contribution in [2.24, 2.45) is 0 Å². The quantitative estimate of drug-likeness (QED) is 0.850. The maximum absolute atomic E-state index is 12.5. The van der Waals surface area contributed by atoms with Crippen LogP contribution in [0.4, 0.5) is 0 Å². The monoisotopic (exact) mass is 352 g/mol. The fourth-order valence-electron chi connectivity index (χ4n) is 2.99. The maximum Gasteiger partial charge on any atom is 0.260 e. The molecule has 26 heavy (non-hydrogen) atoms. The van der Waals surface area contributed by atoms with Gasteiger partial charge in [-0.15, -0.1) is 0 Å². The average Bonchev–Trinajstić information content (AvgIpc) is 2.67. The van der Waals surface area contributed by atoms with E-state index in [-0.39, 0.29) is 18.4 Å². The van der Waals surface area contributed by atoms with Crippen LogP contribution in [-0.2, 0) is 4.79 Å². The zero-order valence-electron chi connectivity index (χ0n) is 15.3. The van der Waals surface area contributed by atoms with Gasteiger partial charge in [-0.3, -0.25) is 9.59 Å². The summed E-state index contributed by atoms with van der Waals surface area (Å²) in [5, 5.41) is 0. The molecule has 0 N–H and O–H groups in total. The van der Waals surface area contributed by atoms with E-state index >= 15 is 0 Å². The second-order valence-corrected chi connectivity index (χ2v) is 6.59. The third kappa shape index (κ3) is 4.23. The summed E-state index contributed by atoms with van der Waals surface area (Å²) in [4.78, 5) is 28.5. The summed E-state index contributed by atoms with van der Waals surface area (Å²) in [7, 11) is 0. The van der Waals surface area contributed by atoms with Crippen molar-refractivity contribution in [1.29, 1.82) is 0 Å². The number of carbonyl (C=O) groups excluding carboxylic acids is 2. The SMILES string of the molecule is Cc1ccc(C(=O)N2CCN(C(=O)COc3ccccc3C)CC2)cc1. The number of aryl methyl sites for hydroxylation is 2. The van der Waals surface area contributed by atoms with Crippen LogP contribution in [0.25, 0.3) is 0 Å². The number of ether oxygens (including phenoxy) is 1. The molecule has 2 amide bonds. The molecule has 0 atom stereocenters. The lowest BCUT2D eigenvalue weighted by atomic mass is 10.1. The van der Waals surface area contributed by atoms with Crippen molar-refractivity contribution in [3.05, 3.63) is 65.2 Å². The minimum atomic E-state index is -0.0457. The molecule has 1 heterocycles. The van der Waals surface area contributed by atoms with Gasteiger partial charge in [-0.25, -0.2) is 0 Å². The van der Waals surface area contributed by atoms with Gasteiger partial charge in [0, 0.05) is 31.7 Å². The van der Waals surface area contributed by atoms with Gasteiger partial charge in [0.1, 0.15) is 5.75 Å². The molecule has 1 aliphatic heterocycles. The van der Waals surface area contributed by atoms with E-state index < -0.39 is 0 Å². The van der Waals surface area contributed by atoms with E-state index in [1.54, 1.807) is 9.80 Å². The molecular formula is C21H24N2O3. The van der Waals surface area contributed by atoms with Gasteiger partial charge in [-0.1, -0.05) is 35.9 Å². The summed E-state index contributed by atoms with van der Waals surface area (Å²) in [5.74, 6) is 0.706. The van der Waals surface area contributed by atoms with Crippen LogP contribution in [0.5, 0.6) is 5.75 Å². The number of amides is 2. The van der Waals surface area contributed by atoms with Gasteiger partial charge in [0.25, 0.3) is 11.8 Å². The van der Waals surface area contributed by atoms with Gasteiger partial charge in [0.15, 0.2) is 6.61 Å². The zero-order chi connectivity index (χ0) is 18.5. The Labute approximate surface area is 154 Å². The lowest BCUT2D eigenvalue weighted by molar-refractivity contribution is -0.134. The lowest BCUT2D eigenvalue weighted by Gasteiger charge is -2.34. The van der Waals surface area contributed by atoms with E-state index in [9.17, 15) is 9.59 Å². The minimum Gasteiger partial charge on any atom is -0.484 e. The van der Waals surface area contributed by atoms with Crippen molar-refractivity contribution in [3.8, 4) is 5.75 Å². The number of carbonyl (C=O) groups is 2. The molecule has 0 bridgehead atoms. The number of para-hydroxylation sites is 1. The van der Waals surface area contributed by atoms with Crippen molar-refractivity contribution in [3.63, 3.8) is 0 Å². The molecule has 5 heteroatoms. The predicted octanol–water partition coefficient (Wildman–Crippen LogP) is 2.67. The Bertz CT molecular complexity index is 778. The Morgan fingerprint density at radius 3 is 2.15 bits per heavy atom. The molecule has 0 radical (unpaired) electrons. The minimum absolute atomic E-state index is 0.0215. The van der Waals surface area contributed by atoms with Gasteiger partial charge < -0.3 is 14.5 Å². The van der Waals surface area contributed by atoms with Gasteiger partial charge in [0.2, 0.25) is 0 Å². The first-order chi connectivity index (χ1) is 12.5. The highest BCUT2D eigenvalue weighted by molar-refractivity contribution is 5.94. The Balaban J connectivity index is 1.50. The van der Waals surface area contributed by atoms with Gasteiger partial charge in [-0.2, -0.15) is 0 Å². The van der Waals surface area contributed by atoms with Crippen molar-refractivity contribution >= 4 is 11.8 Å². The van der Waals surface area contributed by atoms with Crippen molar-refractivity contribution in [1.82, 2.24) is 9.80 Å². The van der Waals surface area contributed by atoms with Crippen molar-refractivity contribution in [2.75, 3.05) is 32.8 Å². The standard InChI is InChI=1S/C21H24N2O3/c1-16-7-9-18(10-8-16)21(25)23-13-11-22(12-14-23)20(24)15-26-19-6-4-3-5-17(19)2/h3-10H,11-15H2,1-2H3. The van der Waals surface area contributed by atoms with Gasteiger partial charge >= 0.3 is 0 Å². The summed E-state index contributed by atoms with van der Waals surface area (Å²) in [6.07, 6.45) is 0. The lowest BCUT2D eigenvalue weighted by Crippen LogP contribution is -2.51. The second-order valence-electron chi connectivity index (χ2n) is 6.59. The van der Waals surface area contributed by atoms with Crippen LogP contribution in [0.3, 0.4) is 0 Å². The van der Waals surface area contributed by atoms with E-state index in [1.807, 2.05) is 62.4 Å². The number of nitrogens with zero attached hydrogens (tertiary/aromatic N) is 2. The van der Waals surface area contributed by atoms with Gasteiger partial charge in [0.05, 0.1) is 0 Å². The zero-order valence-corrected chi connectivity index (χ0v) is 15.3. The maximum atomic E-state index is 12.5. The molecule has 0 aromatic heterocycles. The highest BCUT2D eigenvalue weighted by atomic mass is 16.5. The molecular weight excluding hydrogens is 328 g/mol. The number of hydrogen-bond acceptors (Lipinski definition) is 3. The molecule has 0 saturated carbocycles. The predicted molar refractivity (Wildman–Crippen MR) is 100 cm³/mol. The third-order valence-corrected chi connectivity index (χ3v) is 4.66. The molecule has 1 aliphatic rings. The van der Waals surface area contributed by atoms with E-state index in [0.717, 1.165) is 16.9 Å². The third-order valence-electron chi connectivity index (χ3n) is 4.66. The first-order valence-corrected chi connectivity index (χ1v) is 8.87. The largest absolute Gasteiger partial charge is 0.484 e. The van der Waals surface area contributed by atoms with E-state index in [4.69, 9.17) is 4.74 Å². The average molecular weight is 352 g/mol. The van der Waals surface area contributed by atoms with Crippen LogP contribution in [0.2, 0.25) is 0 Å². The fraction of sp³-hybridized carbons (Fsp3) is 0.333. The van der Waals surface area contributed by atoms with E-state index in [2.05, 4.69) is 0 Å². The fourth-order valence-corrected chi connectivity index (χ4v) is 2.99. The molecule has 0 spiro atoms. The molecule has 2 aromatic rings. The Kier molecular flexibility index (Phi) is 5.56. The summed E-state index contributed by atoms with van der Waals surface area (Å²) < 4.78 is 5.63. The van der Waals surface area contributed by atoms with E-state index in [1.165, 1.54) is 0 Å². The van der Waals surface area contributed by atoms with Crippen LogP contribution in [0.1, 0.15) is 21.5 Å². The van der Waals surface area contributed by atoms with Crippen LogP contribution in [0, 0.1) is 13.8 Å². The Morgan fingerprint density at radius 2 is 1.50 bits per heavy atom. The molecule has 0 unspecified atom stereocenters. The molecule has 2 aromatic carbocycles. The Hall–Kier alpha value is -2.82. The topological polar surface area (TPSA) is 49.9 Å². The molecule has 1 saturated heterocycles. The highest BCUT2D eigenvalue weighted by Gasteiger charge is 2.25. The summed E-state index contributed by atoms with van der Waals surface area (Å²) >= 11 is 0. The van der Waals surface area contributed by atoms with Gasteiger partial charge in [-0.05, 0) is 37.6 Å². The van der Waals surface area contributed by atoms with Crippen LogP contribution in [-0.4, -0.2) is 54.4 Å². The summed E-state index contributed by atoms with van der Waals surface area (Å²) in [6, 6.07) is 15.2. The van der Waals surface area contributed by atoms with E-state index in [0.29, 0.717) is 31.7 Å². The first-order valence-electron chi connectivity index (χ1n) is 8.87. The first kappa shape index (κ1) is 18.0. The summed E-state index contributed by atoms with van der Waals surface area (Å²) in [6.45, 7) is 6.14. The highest BCUT2D eigenvalue weighted by Crippen LogP contribution is 2.16. The van der Waals surface area contributed by atoms with Crippen LogP contribution >= 0.6 is 0 Å². The van der Waals surface area contributed by atoms with Crippen LogP contribution < -0.4 is 4.74 Å². The molecule has 1 fully saturated rings. The molecule has 0 aliphatic carbocycles. The molecule has 5 nitrogen and oxygen atoms in total. The van der Waals surface area contributed by atoms with Crippen LogP contribution in [0.15, 0.2) is 48.5 Å². The summed E-state index contributed by atoms with van der Waals surface area (Å²) in [5.41, 5.74) is 2.83. The molecule has 3 rings (SSSR count). The number of hydrogen-bond donors (Lipinski definition) is 0. The Morgan fingerprint density at radius 1 is 0.885 bits per heavy atom. The number of piperazine rings is 1. The smallest absolute Gasteiger partial charge is 0.260 e. The normalized spacial score (nSPS) is 14.2. The number of rotatable bonds is 4. The van der Waals surface area contributed by atoms with Crippen molar-refractivity contribution in [2.45, 2.75) is 13.8 Å². The number of benzene rings is 2. The van der Waals surface area contributed by atoms with Crippen molar-refractivity contribution < 1.29 is 14.3 Å². The second kappa shape index (κ2) is 8.04. The molecule has 136 valence electrons.